The SMILES string of the molecule is CC(C)(C)OC(=O)N1CCC(c2ccc(F)cc2)C(COc2cc(F)c(S(=O)(=O)n3cccn3)cc2F)C1. The van der Waals surface area contributed by atoms with E-state index in [1.54, 1.807) is 32.9 Å². The van der Waals surface area contributed by atoms with Gasteiger partial charge in [-0.05, 0) is 56.9 Å². The molecular weight excluding hydrogens is 523 g/mol. The van der Waals surface area contributed by atoms with E-state index in [1.165, 1.54) is 29.3 Å². The second-order valence-corrected chi connectivity index (χ2v) is 11.8. The molecule has 12 heteroatoms. The minimum atomic E-state index is -4.43. The number of benzene rings is 2. The monoisotopic (exact) mass is 551 g/mol. The van der Waals surface area contributed by atoms with Crippen molar-refractivity contribution in [1.82, 2.24) is 14.1 Å². The van der Waals surface area contributed by atoms with Gasteiger partial charge in [0, 0.05) is 37.3 Å². The lowest BCUT2D eigenvalue weighted by molar-refractivity contribution is 0.0110. The summed E-state index contributed by atoms with van der Waals surface area (Å²) in [6.07, 6.45) is 2.31. The van der Waals surface area contributed by atoms with Gasteiger partial charge in [-0.25, -0.2) is 18.0 Å². The third-order valence-corrected chi connectivity index (χ3v) is 7.70. The van der Waals surface area contributed by atoms with E-state index in [4.69, 9.17) is 9.47 Å². The Morgan fingerprint density at radius 3 is 2.45 bits per heavy atom. The highest BCUT2D eigenvalue weighted by atomic mass is 32.2. The summed E-state index contributed by atoms with van der Waals surface area (Å²) >= 11 is 0. The van der Waals surface area contributed by atoms with Crippen molar-refractivity contribution in [2.24, 2.45) is 5.92 Å². The summed E-state index contributed by atoms with van der Waals surface area (Å²) in [6, 6.07) is 8.52. The number of rotatable bonds is 6. The zero-order valence-corrected chi connectivity index (χ0v) is 21.9. The van der Waals surface area contributed by atoms with Crippen LogP contribution in [0, 0.1) is 23.4 Å². The topological polar surface area (TPSA) is 90.7 Å². The molecule has 2 aromatic carbocycles. The lowest BCUT2D eigenvalue weighted by atomic mass is 9.81. The molecule has 0 spiro atoms. The van der Waals surface area contributed by atoms with Gasteiger partial charge in [0.25, 0.3) is 10.0 Å². The first-order valence-electron chi connectivity index (χ1n) is 12.0. The van der Waals surface area contributed by atoms with Crippen LogP contribution in [0.1, 0.15) is 38.7 Å². The normalized spacial score (nSPS) is 18.3. The van der Waals surface area contributed by atoms with Gasteiger partial charge in [0.15, 0.2) is 11.6 Å². The highest BCUT2D eigenvalue weighted by molar-refractivity contribution is 7.89. The third kappa shape index (κ3) is 6.12. The third-order valence-electron chi connectivity index (χ3n) is 6.13. The van der Waals surface area contributed by atoms with Crippen molar-refractivity contribution in [2.45, 2.75) is 43.6 Å². The van der Waals surface area contributed by atoms with Crippen molar-refractivity contribution in [3.63, 3.8) is 0 Å². The van der Waals surface area contributed by atoms with Crippen LogP contribution in [0.15, 0.2) is 59.8 Å². The average molecular weight is 552 g/mol. The van der Waals surface area contributed by atoms with E-state index in [2.05, 4.69) is 5.10 Å². The highest BCUT2D eigenvalue weighted by Gasteiger charge is 2.35. The minimum absolute atomic E-state index is 0.122. The Hall–Kier alpha value is -3.54. The lowest BCUT2D eigenvalue weighted by Gasteiger charge is -2.39. The van der Waals surface area contributed by atoms with E-state index >= 15 is 0 Å². The van der Waals surface area contributed by atoms with Gasteiger partial charge >= 0.3 is 6.09 Å². The predicted molar refractivity (Wildman–Crippen MR) is 132 cm³/mol. The van der Waals surface area contributed by atoms with Crippen molar-refractivity contribution in [3.05, 3.63) is 77.9 Å². The molecule has 204 valence electrons. The van der Waals surface area contributed by atoms with Gasteiger partial charge in [-0.1, -0.05) is 12.1 Å². The molecule has 0 aliphatic carbocycles. The maximum absolute atomic E-state index is 14.9. The molecule has 8 nitrogen and oxygen atoms in total. The summed E-state index contributed by atoms with van der Waals surface area (Å²) in [5, 5.41) is 3.58. The van der Waals surface area contributed by atoms with E-state index < -0.39 is 49.8 Å². The molecule has 3 aromatic rings. The number of hydrogen-bond acceptors (Lipinski definition) is 6. The summed E-state index contributed by atoms with van der Waals surface area (Å²) in [4.78, 5) is 13.3. The number of carbonyl (C=O) groups excluding carboxylic acids is 1. The first-order valence-corrected chi connectivity index (χ1v) is 13.4. The van der Waals surface area contributed by atoms with E-state index in [-0.39, 0.29) is 25.0 Å². The Morgan fingerprint density at radius 1 is 1.11 bits per heavy atom. The summed E-state index contributed by atoms with van der Waals surface area (Å²) in [5.41, 5.74) is 0.117. The van der Waals surface area contributed by atoms with Crippen LogP contribution in [0.3, 0.4) is 0 Å². The maximum atomic E-state index is 14.9. The number of hydrogen-bond donors (Lipinski definition) is 0. The molecule has 2 atom stereocenters. The second-order valence-electron chi connectivity index (χ2n) is 10.0. The summed E-state index contributed by atoms with van der Waals surface area (Å²) < 4.78 is 80.0. The molecular formula is C26H28F3N3O5S. The first-order chi connectivity index (χ1) is 17.8. The molecule has 0 radical (unpaired) electrons. The smallest absolute Gasteiger partial charge is 0.410 e. The molecule has 1 aromatic heterocycles. The molecule has 0 saturated carbocycles. The van der Waals surface area contributed by atoms with E-state index in [1.807, 2.05) is 0 Å². The minimum Gasteiger partial charge on any atom is -0.490 e. The van der Waals surface area contributed by atoms with Gasteiger partial charge in [0.1, 0.15) is 22.1 Å². The summed E-state index contributed by atoms with van der Waals surface area (Å²) in [6.45, 7) is 5.73. The quantitative estimate of drug-likeness (QED) is 0.430. The molecule has 4 rings (SSSR count). The number of aromatic nitrogens is 2. The molecule has 0 N–H and O–H groups in total. The summed E-state index contributed by atoms with van der Waals surface area (Å²) in [7, 11) is -4.43. The lowest BCUT2D eigenvalue weighted by Crippen LogP contribution is -2.46. The van der Waals surface area contributed by atoms with Crippen LogP contribution in [0.5, 0.6) is 5.75 Å². The zero-order chi connectivity index (χ0) is 27.7. The molecule has 1 aliphatic rings. The predicted octanol–water partition coefficient (Wildman–Crippen LogP) is 4.96. The fraction of sp³-hybridized carbons (Fsp3) is 0.385. The Labute approximate surface area is 219 Å². The number of piperidine rings is 1. The summed E-state index contributed by atoms with van der Waals surface area (Å²) in [5.74, 6) is -3.69. The Bertz CT molecular complexity index is 1390. The van der Waals surface area contributed by atoms with Crippen LogP contribution in [0.2, 0.25) is 0 Å². The van der Waals surface area contributed by atoms with Crippen molar-refractivity contribution in [2.75, 3.05) is 19.7 Å². The Morgan fingerprint density at radius 2 is 1.82 bits per heavy atom. The number of ether oxygens (including phenoxy) is 2. The van der Waals surface area contributed by atoms with Gasteiger partial charge in [0.05, 0.1) is 12.8 Å². The van der Waals surface area contributed by atoms with Crippen LogP contribution >= 0.6 is 0 Å². The molecule has 2 unspecified atom stereocenters. The molecule has 1 amide bonds. The van der Waals surface area contributed by atoms with Crippen LogP contribution in [0.4, 0.5) is 18.0 Å². The van der Waals surface area contributed by atoms with Gasteiger partial charge in [-0.3, -0.25) is 0 Å². The zero-order valence-electron chi connectivity index (χ0n) is 21.1. The van der Waals surface area contributed by atoms with Crippen LogP contribution in [0.25, 0.3) is 0 Å². The molecule has 1 aliphatic heterocycles. The molecule has 2 heterocycles. The van der Waals surface area contributed by atoms with E-state index in [9.17, 15) is 26.4 Å². The molecule has 0 bridgehead atoms. The maximum Gasteiger partial charge on any atom is 0.410 e. The largest absolute Gasteiger partial charge is 0.490 e. The average Bonchev–Trinajstić information content (AvgIpc) is 3.40. The van der Waals surface area contributed by atoms with Crippen LogP contribution in [-0.4, -0.2) is 53.9 Å². The molecule has 38 heavy (non-hydrogen) atoms. The Balaban J connectivity index is 1.56. The van der Waals surface area contributed by atoms with Crippen molar-refractivity contribution in [3.8, 4) is 5.75 Å². The van der Waals surface area contributed by atoms with Gasteiger partial charge < -0.3 is 14.4 Å². The van der Waals surface area contributed by atoms with E-state index in [0.29, 0.717) is 29.2 Å². The molecule has 1 fully saturated rings. The highest BCUT2D eigenvalue weighted by Crippen LogP contribution is 2.35. The fourth-order valence-corrected chi connectivity index (χ4v) is 5.52. The standard InChI is InChI=1S/C26H28F3N3O5S/c1-26(2,3)37-25(33)31-12-9-20(17-5-7-19(27)8-6-17)18(15-31)16-36-23-13-22(29)24(14-21(23)28)38(34,35)32-11-4-10-30-32/h4-8,10-11,13-14,18,20H,9,12,15-16H2,1-3H3. The van der Waals surface area contributed by atoms with Crippen molar-refractivity contribution >= 4 is 16.1 Å². The van der Waals surface area contributed by atoms with Crippen molar-refractivity contribution in [1.29, 1.82) is 0 Å². The second kappa shape index (κ2) is 10.7. The van der Waals surface area contributed by atoms with Gasteiger partial charge in [-0.15, -0.1) is 0 Å². The van der Waals surface area contributed by atoms with Gasteiger partial charge in [0.2, 0.25) is 0 Å². The molecule has 1 saturated heterocycles. The fourth-order valence-electron chi connectivity index (χ4n) is 4.36. The number of halogens is 3. The number of likely N-dealkylation sites (tertiary alicyclic amines) is 1. The number of amides is 1. The number of nitrogens with zero attached hydrogens (tertiary/aromatic N) is 3. The Kier molecular flexibility index (Phi) is 7.73. The van der Waals surface area contributed by atoms with Crippen LogP contribution < -0.4 is 4.74 Å². The van der Waals surface area contributed by atoms with E-state index in [0.717, 1.165) is 11.8 Å². The number of carbonyl (C=O) groups is 1. The van der Waals surface area contributed by atoms with Crippen molar-refractivity contribution < 1.29 is 35.9 Å². The van der Waals surface area contributed by atoms with Crippen LogP contribution in [-0.2, 0) is 14.8 Å². The first kappa shape index (κ1) is 27.5. The van der Waals surface area contributed by atoms with Gasteiger partial charge in [-0.2, -0.15) is 17.6 Å².